The number of rotatable bonds is 2. The molecule has 3 heterocycles. The van der Waals surface area contributed by atoms with E-state index in [1.165, 1.54) is 5.56 Å². The first kappa shape index (κ1) is 19.0. The van der Waals surface area contributed by atoms with E-state index in [1.807, 2.05) is 22.8 Å². The van der Waals surface area contributed by atoms with Crippen molar-refractivity contribution in [2.45, 2.75) is 20.4 Å². The first-order valence-corrected chi connectivity index (χ1v) is 9.99. The number of H-pyrrole nitrogens is 1. The maximum absolute atomic E-state index is 12.6. The molecule has 0 bridgehead atoms. The summed E-state index contributed by atoms with van der Waals surface area (Å²) in [6.07, 6.45) is 0. The minimum absolute atomic E-state index is 0.0203. The van der Waals surface area contributed by atoms with Gasteiger partial charge in [0.05, 0.1) is 18.7 Å². The minimum Gasteiger partial charge on any atom is -0.378 e. The molecule has 2 aliphatic rings. The fraction of sp³-hybridized carbons (Fsp3) is 0.524. The second-order valence-electron chi connectivity index (χ2n) is 7.74. The monoisotopic (exact) mass is 384 g/mol. The van der Waals surface area contributed by atoms with Gasteiger partial charge in [0.15, 0.2) is 0 Å². The van der Waals surface area contributed by atoms with Crippen LogP contribution in [0.3, 0.4) is 0 Å². The standard InChI is InChI=1S/C21H28N4O3/c1-15-3-4-17-13-18(20(26)22-19(17)16(15)2)14-23-5-7-24(8-6-23)21(27)25-9-11-28-12-10-25/h3-4,13H,5-12,14H2,1-2H3,(H,22,26). The van der Waals surface area contributed by atoms with E-state index >= 15 is 0 Å². The summed E-state index contributed by atoms with van der Waals surface area (Å²) in [5, 5.41) is 1.07. The molecule has 2 fully saturated rings. The van der Waals surface area contributed by atoms with Gasteiger partial charge in [-0.1, -0.05) is 12.1 Å². The molecule has 150 valence electrons. The Morgan fingerprint density at radius 2 is 1.71 bits per heavy atom. The van der Waals surface area contributed by atoms with Gasteiger partial charge in [0.25, 0.3) is 5.56 Å². The number of aryl methyl sites for hydroxylation is 2. The largest absolute Gasteiger partial charge is 0.378 e. The molecule has 0 atom stereocenters. The second kappa shape index (κ2) is 7.93. The Balaban J connectivity index is 1.41. The third-order valence-electron chi connectivity index (χ3n) is 5.95. The molecule has 7 nitrogen and oxygen atoms in total. The summed E-state index contributed by atoms with van der Waals surface area (Å²) in [5.74, 6) is 0. The van der Waals surface area contributed by atoms with Crippen molar-refractivity contribution in [2.75, 3.05) is 52.5 Å². The van der Waals surface area contributed by atoms with Crippen LogP contribution < -0.4 is 5.56 Å². The molecule has 2 aromatic rings. The molecule has 0 aliphatic carbocycles. The van der Waals surface area contributed by atoms with Gasteiger partial charge in [-0.15, -0.1) is 0 Å². The van der Waals surface area contributed by atoms with Crippen LogP contribution in [0.2, 0.25) is 0 Å². The molecule has 7 heteroatoms. The van der Waals surface area contributed by atoms with Crippen LogP contribution in [-0.4, -0.2) is 78.2 Å². The van der Waals surface area contributed by atoms with Crippen LogP contribution in [0.15, 0.2) is 23.0 Å². The number of urea groups is 1. The summed E-state index contributed by atoms with van der Waals surface area (Å²) in [6, 6.07) is 6.27. The highest BCUT2D eigenvalue weighted by Gasteiger charge is 2.26. The number of piperazine rings is 1. The Morgan fingerprint density at radius 3 is 2.43 bits per heavy atom. The van der Waals surface area contributed by atoms with E-state index < -0.39 is 0 Å². The average Bonchev–Trinajstić information content (AvgIpc) is 2.73. The number of carbonyl (C=O) groups is 1. The van der Waals surface area contributed by atoms with Gasteiger partial charge in [-0.25, -0.2) is 4.79 Å². The molecule has 0 spiro atoms. The van der Waals surface area contributed by atoms with Gasteiger partial charge in [-0.3, -0.25) is 9.69 Å². The highest BCUT2D eigenvalue weighted by molar-refractivity contribution is 5.83. The molecule has 28 heavy (non-hydrogen) atoms. The molecule has 2 amide bonds. The summed E-state index contributed by atoms with van der Waals surface area (Å²) >= 11 is 0. The van der Waals surface area contributed by atoms with Gasteiger partial charge < -0.3 is 19.5 Å². The fourth-order valence-corrected chi connectivity index (χ4v) is 3.98. The summed E-state index contributed by atoms with van der Waals surface area (Å²) < 4.78 is 5.32. The molecule has 2 saturated heterocycles. The van der Waals surface area contributed by atoms with E-state index in [0.29, 0.717) is 45.9 Å². The Kier molecular flexibility index (Phi) is 5.37. The van der Waals surface area contributed by atoms with Crippen molar-refractivity contribution >= 4 is 16.9 Å². The Morgan fingerprint density at radius 1 is 1.04 bits per heavy atom. The number of hydrogen-bond acceptors (Lipinski definition) is 4. The van der Waals surface area contributed by atoms with E-state index in [4.69, 9.17) is 4.74 Å². The predicted molar refractivity (Wildman–Crippen MR) is 109 cm³/mol. The molecular weight excluding hydrogens is 356 g/mol. The number of benzene rings is 1. The van der Waals surface area contributed by atoms with Crippen molar-refractivity contribution in [3.63, 3.8) is 0 Å². The highest BCUT2D eigenvalue weighted by atomic mass is 16.5. The summed E-state index contributed by atoms with van der Waals surface area (Å²) in [7, 11) is 0. The number of carbonyl (C=O) groups excluding carboxylic acids is 1. The molecule has 1 aromatic heterocycles. The van der Waals surface area contributed by atoms with Crippen molar-refractivity contribution in [2.24, 2.45) is 0 Å². The number of amides is 2. The molecule has 1 aromatic carbocycles. The van der Waals surface area contributed by atoms with Gasteiger partial charge in [-0.2, -0.15) is 0 Å². The molecule has 2 aliphatic heterocycles. The maximum Gasteiger partial charge on any atom is 0.320 e. The number of morpholine rings is 1. The molecular formula is C21H28N4O3. The molecule has 0 radical (unpaired) electrons. The number of aromatic amines is 1. The van der Waals surface area contributed by atoms with E-state index in [9.17, 15) is 9.59 Å². The van der Waals surface area contributed by atoms with Crippen LogP contribution in [0.1, 0.15) is 16.7 Å². The van der Waals surface area contributed by atoms with Crippen molar-refractivity contribution in [3.8, 4) is 0 Å². The van der Waals surface area contributed by atoms with Crippen molar-refractivity contribution in [1.29, 1.82) is 0 Å². The lowest BCUT2D eigenvalue weighted by Crippen LogP contribution is -2.54. The third-order valence-corrected chi connectivity index (χ3v) is 5.95. The van der Waals surface area contributed by atoms with Gasteiger partial charge in [0, 0.05) is 51.4 Å². The quantitative estimate of drug-likeness (QED) is 0.856. The number of nitrogens with one attached hydrogen (secondary N) is 1. The number of nitrogens with zero attached hydrogens (tertiary/aromatic N) is 3. The Hall–Kier alpha value is -2.38. The molecule has 0 saturated carbocycles. The van der Waals surface area contributed by atoms with Crippen LogP contribution in [0, 0.1) is 13.8 Å². The zero-order valence-electron chi connectivity index (χ0n) is 16.7. The van der Waals surface area contributed by atoms with Crippen LogP contribution in [0.25, 0.3) is 10.9 Å². The number of fused-ring (bicyclic) bond motifs is 1. The first-order valence-electron chi connectivity index (χ1n) is 9.99. The SMILES string of the molecule is Cc1ccc2cc(CN3CCN(C(=O)N4CCOCC4)CC3)c(=O)[nH]c2c1C. The fourth-order valence-electron chi connectivity index (χ4n) is 3.98. The van der Waals surface area contributed by atoms with Crippen molar-refractivity contribution in [3.05, 3.63) is 45.2 Å². The van der Waals surface area contributed by atoms with E-state index in [2.05, 4.69) is 28.9 Å². The average molecular weight is 384 g/mol. The van der Waals surface area contributed by atoms with Crippen molar-refractivity contribution < 1.29 is 9.53 Å². The minimum atomic E-state index is -0.0203. The topological polar surface area (TPSA) is 68.9 Å². The first-order chi connectivity index (χ1) is 13.5. The second-order valence-corrected chi connectivity index (χ2v) is 7.74. The summed E-state index contributed by atoms with van der Waals surface area (Å²) in [4.78, 5) is 34.3. The smallest absolute Gasteiger partial charge is 0.320 e. The lowest BCUT2D eigenvalue weighted by Gasteiger charge is -2.38. The lowest BCUT2D eigenvalue weighted by atomic mass is 10.0. The maximum atomic E-state index is 12.6. The van der Waals surface area contributed by atoms with Crippen LogP contribution in [0.4, 0.5) is 4.79 Å². The predicted octanol–water partition coefficient (Wildman–Crippen LogP) is 1.71. The third kappa shape index (κ3) is 3.77. The molecule has 4 rings (SSSR count). The zero-order chi connectivity index (χ0) is 19.7. The van der Waals surface area contributed by atoms with E-state index in [0.717, 1.165) is 35.1 Å². The van der Waals surface area contributed by atoms with Gasteiger partial charge in [0.2, 0.25) is 0 Å². The number of hydrogen-bond donors (Lipinski definition) is 1. The molecule has 1 N–H and O–H groups in total. The molecule has 0 unspecified atom stereocenters. The van der Waals surface area contributed by atoms with E-state index in [-0.39, 0.29) is 11.6 Å². The van der Waals surface area contributed by atoms with Crippen molar-refractivity contribution in [1.82, 2.24) is 19.7 Å². The number of pyridine rings is 1. The summed E-state index contributed by atoms with van der Waals surface area (Å²) in [6.45, 7) is 10.2. The normalized spacial score (nSPS) is 18.6. The summed E-state index contributed by atoms with van der Waals surface area (Å²) in [5.41, 5.74) is 3.99. The number of aromatic nitrogens is 1. The Labute approximate surface area is 164 Å². The zero-order valence-corrected chi connectivity index (χ0v) is 16.7. The lowest BCUT2D eigenvalue weighted by molar-refractivity contribution is 0.0373. The highest BCUT2D eigenvalue weighted by Crippen LogP contribution is 2.19. The Bertz CT molecular complexity index is 925. The number of ether oxygens (including phenoxy) is 1. The van der Waals surface area contributed by atoms with Gasteiger partial charge >= 0.3 is 6.03 Å². The van der Waals surface area contributed by atoms with Crippen LogP contribution in [0.5, 0.6) is 0 Å². The van der Waals surface area contributed by atoms with Crippen LogP contribution >= 0.6 is 0 Å². The van der Waals surface area contributed by atoms with Gasteiger partial charge in [0.1, 0.15) is 0 Å². The van der Waals surface area contributed by atoms with Gasteiger partial charge in [-0.05, 0) is 36.4 Å². The van der Waals surface area contributed by atoms with E-state index in [1.54, 1.807) is 0 Å². The van der Waals surface area contributed by atoms with Crippen LogP contribution in [-0.2, 0) is 11.3 Å².